The van der Waals surface area contributed by atoms with Crippen LogP contribution in [0, 0.1) is 40.5 Å². The number of rotatable bonds is 5. The van der Waals surface area contributed by atoms with Gasteiger partial charge < -0.3 is 0 Å². The number of nitro groups is 4. The summed E-state index contributed by atoms with van der Waals surface area (Å²) in [7, 11) is 0. The van der Waals surface area contributed by atoms with Gasteiger partial charge in [0.1, 0.15) is 5.52 Å². The van der Waals surface area contributed by atoms with E-state index in [1.807, 2.05) is 0 Å². The van der Waals surface area contributed by atoms with Crippen LogP contribution in [0.25, 0.3) is 16.7 Å². The minimum absolute atomic E-state index is 0.000605. The first-order valence-electron chi connectivity index (χ1n) is 6.82. The molecule has 2 aromatic carbocycles. The molecule has 136 valence electrons. The van der Waals surface area contributed by atoms with Crippen molar-refractivity contribution in [1.29, 1.82) is 0 Å². The van der Waals surface area contributed by atoms with Gasteiger partial charge in [0, 0.05) is 12.1 Å². The second-order valence-electron chi connectivity index (χ2n) is 5.04. The molecular weight excluding hydrogens is 370 g/mol. The van der Waals surface area contributed by atoms with Gasteiger partial charge in [-0.05, 0) is 6.07 Å². The van der Waals surface area contributed by atoms with E-state index < -0.39 is 42.4 Å². The Labute approximate surface area is 146 Å². The number of hydrogen-bond acceptors (Lipinski definition) is 10. The minimum atomic E-state index is -1.03. The molecule has 0 aliphatic heterocycles. The van der Waals surface area contributed by atoms with Crippen LogP contribution in [0.5, 0.6) is 0 Å². The molecule has 0 amide bonds. The standard InChI is InChI=1S/C12H5N7O8/c20-16(21)6-1-2-9-8(3-6)13-14-15(9)12-10(18(24)25)4-7(17(22)23)5-11(12)19(26)27/h1-5H. The molecule has 0 spiro atoms. The monoisotopic (exact) mass is 375 g/mol. The summed E-state index contributed by atoms with van der Waals surface area (Å²) in [6.07, 6.45) is 0. The molecule has 0 atom stereocenters. The number of aromatic nitrogens is 3. The third-order valence-electron chi connectivity index (χ3n) is 3.51. The topological polar surface area (TPSA) is 203 Å². The Kier molecular flexibility index (Phi) is 3.88. The van der Waals surface area contributed by atoms with E-state index in [9.17, 15) is 40.5 Å². The van der Waals surface area contributed by atoms with E-state index in [-0.39, 0.29) is 16.7 Å². The van der Waals surface area contributed by atoms with Crippen molar-refractivity contribution in [3.05, 3.63) is 70.8 Å². The Balaban J connectivity index is 2.38. The molecule has 1 aromatic heterocycles. The van der Waals surface area contributed by atoms with Crippen molar-refractivity contribution < 1.29 is 19.7 Å². The first-order valence-corrected chi connectivity index (χ1v) is 6.82. The van der Waals surface area contributed by atoms with Crippen molar-refractivity contribution in [1.82, 2.24) is 15.0 Å². The maximum Gasteiger partial charge on any atom is 0.308 e. The van der Waals surface area contributed by atoms with Crippen LogP contribution in [0.4, 0.5) is 22.7 Å². The molecule has 0 fully saturated rings. The zero-order valence-corrected chi connectivity index (χ0v) is 12.8. The van der Waals surface area contributed by atoms with Crippen LogP contribution >= 0.6 is 0 Å². The van der Waals surface area contributed by atoms with Crippen LogP contribution in [-0.4, -0.2) is 34.7 Å². The van der Waals surface area contributed by atoms with Gasteiger partial charge in [0.15, 0.2) is 0 Å². The molecule has 0 radical (unpaired) electrons. The maximum absolute atomic E-state index is 11.4. The molecule has 0 aliphatic rings. The average molecular weight is 375 g/mol. The smallest absolute Gasteiger partial charge is 0.258 e. The maximum atomic E-state index is 11.4. The van der Waals surface area contributed by atoms with Crippen LogP contribution in [-0.2, 0) is 0 Å². The fourth-order valence-corrected chi connectivity index (χ4v) is 2.38. The van der Waals surface area contributed by atoms with Crippen LogP contribution in [0.1, 0.15) is 0 Å². The van der Waals surface area contributed by atoms with E-state index in [1.54, 1.807) is 0 Å². The lowest BCUT2D eigenvalue weighted by Gasteiger charge is -2.05. The summed E-state index contributed by atoms with van der Waals surface area (Å²) in [6.45, 7) is 0. The summed E-state index contributed by atoms with van der Waals surface area (Å²) in [6, 6.07) is 4.36. The Hall–Kier alpha value is -4.56. The Morgan fingerprint density at radius 1 is 0.741 bits per heavy atom. The second kappa shape index (κ2) is 6.06. The summed E-state index contributed by atoms with van der Waals surface area (Å²) in [4.78, 5) is 40.7. The van der Waals surface area contributed by atoms with Crippen LogP contribution < -0.4 is 0 Å². The Bertz CT molecular complexity index is 1120. The van der Waals surface area contributed by atoms with Gasteiger partial charge in [0.25, 0.3) is 11.4 Å². The van der Waals surface area contributed by atoms with Crippen LogP contribution in [0.3, 0.4) is 0 Å². The highest BCUT2D eigenvalue weighted by Gasteiger charge is 2.33. The third kappa shape index (κ3) is 2.84. The summed E-state index contributed by atoms with van der Waals surface area (Å²) in [5, 5.41) is 51.7. The van der Waals surface area contributed by atoms with Crippen molar-refractivity contribution in [3.63, 3.8) is 0 Å². The number of benzene rings is 2. The lowest BCUT2D eigenvalue weighted by molar-refractivity contribution is -0.402. The summed E-state index contributed by atoms with van der Waals surface area (Å²) in [5.74, 6) is 0. The minimum Gasteiger partial charge on any atom is -0.258 e. The highest BCUT2D eigenvalue weighted by Crippen LogP contribution is 2.37. The number of non-ortho nitro benzene ring substituents is 2. The zero-order chi connectivity index (χ0) is 19.9. The molecule has 15 nitrogen and oxygen atoms in total. The van der Waals surface area contributed by atoms with E-state index in [1.165, 1.54) is 0 Å². The largest absolute Gasteiger partial charge is 0.308 e. The molecule has 1 heterocycles. The van der Waals surface area contributed by atoms with Crippen LogP contribution in [0.2, 0.25) is 0 Å². The van der Waals surface area contributed by atoms with Gasteiger partial charge in [-0.25, -0.2) is 0 Å². The lowest BCUT2D eigenvalue weighted by Crippen LogP contribution is -2.07. The van der Waals surface area contributed by atoms with E-state index in [4.69, 9.17) is 0 Å². The lowest BCUT2D eigenvalue weighted by atomic mass is 10.2. The average Bonchev–Trinajstić information content (AvgIpc) is 3.02. The van der Waals surface area contributed by atoms with Gasteiger partial charge in [-0.3, -0.25) is 40.5 Å². The molecule has 3 aromatic rings. The molecule has 0 bridgehead atoms. The Morgan fingerprint density at radius 2 is 1.30 bits per heavy atom. The molecule has 0 unspecified atom stereocenters. The summed E-state index contributed by atoms with van der Waals surface area (Å²) < 4.78 is 0.735. The van der Waals surface area contributed by atoms with Crippen molar-refractivity contribution in [3.8, 4) is 5.69 Å². The third-order valence-corrected chi connectivity index (χ3v) is 3.51. The number of nitrogens with zero attached hydrogens (tertiary/aromatic N) is 7. The second-order valence-corrected chi connectivity index (χ2v) is 5.04. The summed E-state index contributed by atoms with van der Waals surface area (Å²) in [5.41, 5.74) is -3.78. The van der Waals surface area contributed by atoms with Crippen LogP contribution in [0.15, 0.2) is 30.3 Å². The summed E-state index contributed by atoms with van der Waals surface area (Å²) >= 11 is 0. The van der Waals surface area contributed by atoms with E-state index in [0.29, 0.717) is 12.1 Å². The zero-order valence-electron chi connectivity index (χ0n) is 12.8. The number of hydrogen-bond donors (Lipinski definition) is 0. The van der Waals surface area contributed by atoms with Crippen molar-refractivity contribution >= 4 is 33.8 Å². The van der Waals surface area contributed by atoms with Crippen molar-refractivity contribution in [2.75, 3.05) is 0 Å². The molecule has 0 saturated carbocycles. The van der Waals surface area contributed by atoms with E-state index >= 15 is 0 Å². The highest BCUT2D eigenvalue weighted by molar-refractivity contribution is 5.82. The van der Waals surface area contributed by atoms with E-state index in [0.717, 1.165) is 22.9 Å². The predicted molar refractivity (Wildman–Crippen MR) is 85.5 cm³/mol. The number of nitro benzene ring substituents is 4. The SMILES string of the molecule is O=[N+]([O-])c1cc([N+](=O)[O-])c(-n2nnc3cc([N+](=O)[O-])ccc32)c([N+](=O)[O-])c1. The Morgan fingerprint density at radius 3 is 1.78 bits per heavy atom. The van der Waals surface area contributed by atoms with Crippen molar-refractivity contribution in [2.45, 2.75) is 0 Å². The van der Waals surface area contributed by atoms with Crippen molar-refractivity contribution in [2.24, 2.45) is 0 Å². The molecule has 0 aliphatic carbocycles. The fourth-order valence-electron chi connectivity index (χ4n) is 2.38. The fraction of sp³-hybridized carbons (Fsp3) is 0. The van der Waals surface area contributed by atoms with Gasteiger partial charge in [-0.15, -0.1) is 5.10 Å². The van der Waals surface area contributed by atoms with Gasteiger partial charge in [0.05, 0.1) is 37.3 Å². The van der Waals surface area contributed by atoms with E-state index in [2.05, 4.69) is 10.3 Å². The highest BCUT2D eigenvalue weighted by atomic mass is 16.6. The molecule has 27 heavy (non-hydrogen) atoms. The molecule has 3 rings (SSSR count). The first-order chi connectivity index (χ1) is 12.7. The van der Waals surface area contributed by atoms with Gasteiger partial charge in [-0.2, -0.15) is 4.68 Å². The first kappa shape index (κ1) is 17.3. The quantitative estimate of drug-likeness (QED) is 0.468. The van der Waals surface area contributed by atoms with Gasteiger partial charge in [-0.1, -0.05) is 5.21 Å². The molecule has 0 N–H and O–H groups in total. The van der Waals surface area contributed by atoms with Gasteiger partial charge >= 0.3 is 11.4 Å². The molecular formula is C12H5N7O8. The normalized spacial score (nSPS) is 10.7. The van der Waals surface area contributed by atoms with Gasteiger partial charge in [0.2, 0.25) is 5.69 Å². The molecule has 0 saturated heterocycles. The molecule has 15 heteroatoms. The predicted octanol–water partition coefficient (Wildman–Crippen LogP) is 2.05. The number of fused-ring (bicyclic) bond motifs is 1.